The monoisotopic (exact) mass is 287 g/mol. The summed E-state index contributed by atoms with van der Waals surface area (Å²) in [6.45, 7) is 8.99. The summed E-state index contributed by atoms with van der Waals surface area (Å²) in [6, 6.07) is 0. The minimum absolute atomic E-state index is 0.0175. The Balaban J connectivity index is 4.06. The van der Waals surface area contributed by atoms with Crippen LogP contribution in [-0.2, 0) is 19.1 Å². The summed E-state index contributed by atoms with van der Waals surface area (Å²) in [6.07, 6.45) is 0.0175. The third-order valence-corrected chi connectivity index (χ3v) is 2.25. The Morgan fingerprint density at radius 2 is 1.60 bits per heavy atom. The van der Waals surface area contributed by atoms with Gasteiger partial charge in [0, 0.05) is 25.2 Å². The van der Waals surface area contributed by atoms with E-state index in [9.17, 15) is 9.59 Å². The Labute approximate surface area is 118 Å². The highest BCUT2D eigenvalue weighted by atomic mass is 16.7. The topological polar surface area (TPSA) is 96.3 Å². The van der Waals surface area contributed by atoms with Crippen molar-refractivity contribution in [1.29, 1.82) is 0 Å². The summed E-state index contributed by atoms with van der Waals surface area (Å²) in [4.78, 5) is 24.3. The van der Waals surface area contributed by atoms with Gasteiger partial charge in [0.1, 0.15) is 0 Å². The van der Waals surface area contributed by atoms with Crippen LogP contribution in [0.15, 0.2) is 24.7 Å². The van der Waals surface area contributed by atoms with E-state index in [4.69, 9.17) is 14.9 Å². The third kappa shape index (κ3) is 8.41. The number of carbonyl (C=O) groups excluding carboxylic acids is 2. The lowest BCUT2D eigenvalue weighted by molar-refractivity contribution is -0.151. The fourth-order valence-electron chi connectivity index (χ4n) is 1.26. The molecule has 0 aromatic rings. The quantitative estimate of drug-likeness (QED) is 0.326. The van der Waals surface area contributed by atoms with Crippen LogP contribution in [0.2, 0.25) is 0 Å². The lowest BCUT2D eigenvalue weighted by atomic mass is 10.3. The fraction of sp³-hybridized carbons (Fsp3) is 0.538. The molecule has 0 fully saturated rings. The number of rotatable bonds is 10. The summed E-state index contributed by atoms with van der Waals surface area (Å²) in [5, 5.41) is 17.6. The van der Waals surface area contributed by atoms with E-state index < -0.39 is 17.9 Å². The molecule has 0 rings (SSSR count). The van der Waals surface area contributed by atoms with Crippen molar-refractivity contribution in [3.63, 3.8) is 0 Å². The first-order valence-corrected chi connectivity index (χ1v) is 6.12. The maximum absolute atomic E-state index is 11.5. The molecule has 0 aliphatic heterocycles. The molecule has 0 saturated heterocycles. The number of nitrogens with zero attached hydrogens (tertiary/aromatic N) is 1. The lowest BCUT2D eigenvalue weighted by Crippen LogP contribution is -2.32. The van der Waals surface area contributed by atoms with Crippen LogP contribution in [0.4, 0.5) is 0 Å². The zero-order chi connectivity index (χ0) is 15.5. The molecular weight excluding hydrogens is 266 g/mol. The molecule has 0 heterocycles. The van der Waals surface area contributed by atoms with Gasteiger partial charge in [-0.3, -0.25) is 9.69 Å². The summed E-state index contributed by atoms with van der Waals surface area (Å²) >= 11 is 0. The van der Waals surface area contributed by atoms with E-state index in [-0.39, 0.29) is 25.2 Å². The highest BCUT2D eigenvalue weighted by Gasteiger charge is 2.13. The fourth-order valence-corrected chi connectivity index (χ4v) is 1.26. The normalized spacial score (nSPS) is 10.2. The maximum Gasteiger partial charge on any atom is 0.340 e. The molecule has 0 atom stereocenters. The summed E-state index contributed by atoms with van der Waals surface area (Å²) < 4.78 is 9.32. The van der Waals surface area contributed by atoms with Crippen LogP contribution < -0.4 is 0 Å². The molecule has 0 saturated carbocycles. The van der Waals surface area contributed by atoms with Gasteiger partial charge in [0.2, 0.25) is 0 Å². The van der Waals surface area contributed by atoms with Crippen LogP contribution in [-0.4, -0.2) is 59.9 Å². The first kappa shape index (κ1) is 18.3. The van der Waals surface area contributed by atoms with E-state index in [2.05, 4.69) is 17.9 Å². The van der Waals surface area contributed by atoms with E-state index >= 15 is 0 Å². The highest BCUT2D eigenvalue weighted by Crippen LogP contribution is 2.04. The van der Waals surface area contributed by atoms with Crippen molar-refractivity contribution in [3.8, 4) is 0 Å². The van der Waals surface area contributed by atoms with E-state index in [1.807, 2.05) is 0 Å². The molecule has 0 aliphatic carbocycles. The van der Waals surface area contributed by atoms with Crippen LogP contribution in [0.5, 0.6) is 0 Å². The third-order valence-electron chi connectivity index (χ3n) is 2.25. The molecule has 0 aromatic carbocycles. The minimum Gasteiger partial charge on any atom is -0.395 e. The zero-order valence-corrected chi connectivity index (χ0v) is 11.6. The van der Waals surface area contributed by atoms with Crippen molar-refractivity contribution in [1.82, 2.24) is 4.90 Å². The molecule has 20 heavy (non-hydrogen) atoms. The number of hydrogen-bond acceptors (Lipinski definition) is 7. The lowest BCUT2D eigenvalue weighted by Gasteiger charge is -2.19. The van der Waals surface area contributed by atoms with Gasteiger partial charge in [-0.25, -0.2) is 4.79 Å². The van der Waals surface area contributed by atoms with E-state index in [0.29, 0.717) is 19.6 Å². The van der Waals surface area contributed by atoms with Crippen molar-refractivity contribution in [2.45, 2.75) is 13.3 Å². The number of esters is 2. The number of aliphatic hydroxyl groups is 2. The van der Waals surface area contributed by atoms with Gasteiger partial charge in [-0.2, -0.15) is 0 Å². The molecule has 114 valence electrons. The van der Waals surface area contributed by atoms with Crippen molar-refractivity contribution in [3.05, 3.63) is 24.7 Å². The standard InChI is InChI=1S/C13H21NO6/c1-10(2)13(18)20-11(3)19-12(17)4-5-14(6-8-15)7-9-16/h15-16H,1,3-9H2,2H3. The van der Waals surface area contributed by atoms with E-state index in [1.54, 1.807) is 4.90 Å². The zero-order valence-electron chi connectivity index (χ0n) is 11.6. The second kappa shape index (κ2) is 10.1. The summed E-state index contributed by atoms with van der Waals surface area (Å²) in [5.41, 5.74) is 0.166. The molecule has 0 bridgehead atoms. The molecule has 0 amide bonds. The molecule has 7 heteroatoms. The van der Waals surface area contributed by atoms with Gasteiger partial charge in [-0.1, -0.05) is 6.58 Å². The number of aliphatic hydroxyl groups excluding tert-OH is 2. The van der Waals surface area contributed by atoms with Gasteiger partial charge >= 0.3 is 11.9 Å². The molecule has 2 N–H and O–H groups in total. The largest absolute Gasteiger partial charge is 0.395 e. The summed E-state index contributed by atoms with van der Waals surface area (Å²) in [5.74, 6) is -1.74. The van der Waals surface area contributed by atoms with Gasteiger partial charge < -0.3 is 19.7 Å². The molecule has 0 aliphatic rings. The van der Waals surface area contributed by atoms with Gasteiger partial charge in [-0.05, 0) is 13.5 Å². The second-order valence-corrected chi connectivity index (χ2v) is 4.05. The second-order valence-electron chi connectivity index (χ2n) is 4.05. The Bertz CT molecular complexity index is 360. The average molecular weight is 287 g/mol. The molecule has 7 nitrogen and oxygen atoms in total. The number of carbonyl (C=O) groups is 2. The Hall–Kier alpha value is -1.70. The molecule has 0 unspecified atom stereocenters. The van der Waals surface area contributed by atoms with Crippen molar-refractivity contribution in [2.24, 2.45) is 0 Å². The van der Waals surface area contributed by atoms with E-state index in [1.165, 1.54) is 6.92 Å². The molecular formula is C13H21NO6. The molecule has 0 radical (unpaired) electrons. The van der Waals surface area contributed by atoms with Gasteiger partial charge in [0.05, 0.1) is 19.6 Å². The van der Waals surface area contributed by atoms with Crippen LogP contribution in [0.25, 0.3) is 0 Å². The van der Waals surface area contributed by atoms with Crippen LogP contribution in [0, 0.1) is 0 Å². The van der Waals surface area contributed by atoms with Crippen molar-refractivity contribution in [2.75, 3.05) is 32.8 Å². The molecule has 0 aromatic heterocycles. The highest BCUT2D eigenvalue weighted by molar-refractivity contribution is 5.87. The van der Waals surface area contributed by atoms with Crippen LogP contribution >= 0.6 is 0 Å². The predicted octanol–water partition coefficient (Wildman–Crippen LogP) is -0.203. The summed E-state index contributed by atoms with van der Waals surface area (Å²) in [7, 11) is 0. The van der Waals surface area contributed by atoms with Crippen LogP contribution in [0.1, 0.15) is 13.3 Å². The average Bonchev–Trinajstić information content (AvgIpc) is 2.36. The molecule has 0 spiro atoms. The van der Waals surface area contributed by atoms with Crippen molar-refractivity contribution < 1.29 is 29.3 Å². The van der Waals surface area contributed by atoms with E-state index in [0.717, 1.165) is 0 Å². The smallest absolute Gasteiger partial charge is 0.340 e. The first-order valence-electron chi connectivity index (χ1n) is 6.12. The van der Waals surface area contributed by atoms with Crippen LogP contribution in [0.3, 0.4) is 0 Å². The number of hydrogen-bond donors (Lipinski definition) is 2. The Morgan fingerprint density at radius 1 is 1.05 bits per heavy atom. The first-order chi connectivity index (χ1) is 9.40. The predicted molar refractivity (Wildman–Crippen MR) is 71.4 cm³/mol. The number of ether oxygens (including phenoxy) is 2. The SMILES string of the molecule is C=C(OC(=O)CCN(CCO)CCO)OC(=O)C(=C)C. The van der Waals surface area contributed by atoms with Gasteiger partial charge in [-0.15, -0.1) is 0 Å². The Kier molecular flexibility index (Phi) is 9.27. The maximum atomic E-state index is 11.5. The van der Waals surface area contributed by atoms with Gasteiger partial charge in [0.25, 0.3) is 5.95 Å². The Morgan fingerprint density at radius 3 is 2.05 bits per heavy atom. The minimum atomic E-state index is -0.718. The van der Waals surface area contributed by atoms with Gasteiger partial charge in [0.15, 0.2) is 0 Å². The van der Waals surface area contributed by atoms with Crippen molar-refractivity contribution >= 4 is 11.9 Å².